The first-order chi connectivity index (χ1) is 9.13. The van der Waals surface area contributed by atoms with E-state index in [0.717, 1.165) is 18.9 Å². The summed E-state index contributed by atoms with van der Waals surface area (Å²) in [7, 11) is 0. The minimum Gasteiger partial charge on any atom is -0.366 e. The highest BCUT2D eigenvalue weighted by Crippen LogP contribution is 2.44. The van der Waals surface area contributed by atoms with Crippen molar-refractivity contribution in [2.24, 2.45) is 4.99 Å². The molecule has 1 aromatic carbocycles. The Bertz CT molecular complexity index is 713. The highest BCUT2D eigenvalue weighted by molar-refractivity contribution is 5.98. The summed E-state index contributed by atoms with van der Waals surface area (Å²) < 4.78 is 8.43. The molecule has 0 radical (unpaired) electrons. The zero-order valence-corrected chi connectivity index (χ0v) is 11.6. The van der Waals surface area contributed by atoms with E-state index in [4.69, 9.17) is 9.73 Å². The van der Waals surface area contributed by atoms with Crippen LogP contribution in [0, 0.1) is 0 Å². The number of ether oxygens (including phenoxy) is 1. The van der Waals surface area contributed by atoms with Gasteiger partial charge in [0.15, 0.2) is 0 Å². The van der Waals surface area contributed by atoms with E-state index in [1.807, 2.05) is 0 Å². The topological polar surface area (TPSA) is 26.5 Å². The summed E-state index contributed by atoms with van der Waals surface area (Å²) in [5.41, 5.74) is 3.74. The normalized spacial score (nSPS) is 29.2. The van der Waals surface area contributed by atoms with E-state index in [9.17, 15) is 0 Å². The van der Waals surface area contributed by atoms with Crippen LogP contribution in [0.1, 0.15) is 32.0 Å². The van der Waals surface area contributed by atoms with Gasteiger partial charge in [0.25, 0.3) is 0 Å². The largest absolute Gasteiger partial charge is 0.366 e. The zero-order chi connectivity index (χ0) is 13.2. The van der Waals surface area contributed by atoms with Gasteiger partial charge in [0.2, 0.25) is 0 Å². The van der Waals surface area contributed by atoms with Gasteiger partial charge in [0, 0.05) is 5.39 Å². The number of aromatic nitrogens is 1. The Morgan fingerprint density at radius 1 is 1.37 bits per heavy atom. The van der Waals surface area contributed by atoms with E-state index in [2.05, 4.69) is 49.6 Å². The number of nitrogens with zero attached hydrogens (tertiary/aromatic N) is 2. The van der Waals surface area contributed by atoms with Crippen molar-refractivity contribution < 1.29 is 4.74 Å². The average Bonchev–Trinajstić information content (AvgIpc) is 2.74. The highest BCUT2D eigenvalue weighted by Gasteiger charge is 2.45. The van der Waals surface area contributed by atoms with E-state index in [0.29, 0.717) is 0 Å². The first kappa shape index (κ1) is 11.2. The molecule has 2 atom stereocenters. The van der Waals surface area contributed by atoms with Crippen molar-refractivity contribution in [3.05, 3.63) is 35.5 Å². The summed E-state index contributed by atoms with van der Waals surface area (Å²) in [5.74, 6) is 1.08. The van der Waals surface area contributed by atoms with Crippen molar-refractivity contribution in [2.45, 2.75) is 38.8 Å². The quantitative estimate of drug-likeness (QED) is 0.709. The van der Waals surface area contributed by atoms with Crippen molar-refractivity contribution in [3.8, 4) is 0 Å². The number of benzene rings is 1. The molecule has 2 aliphatic heterocycles. The molecule has 0 saturated carbocycles. The second kappa shape index (κ2) is 3.48. The number of aliphatic imine (C=N–C) groups is 1. The molecule has 4 rings (SSSR count). The maximum atomic E-state index is 6.14. The highest BCUT2D eigenvalue weighted by atomic mass is 16.5. The molecule has 2 unspecified atom stereocenters. The van der Waals surface area contributed by atoms with Gasteiger partial charge in [-0.3, -0.25) is 9.56 Å². The Balaban J connectivity index is 2.20. The standard InChI is InChI=1S/C16H18N2O/c1-10-16(3)15-13(8-9-19-16)12-6-4-5-7-14(12)18(15)11(2)17-10/h4-7,10H,8-9H2,1-3H3. The number of para-hydroxylation sites is 1. The molecule has 19 heavy (non-hydrogen) atoms. The summed E-state index contributed by atoms with van der Waals surface area (Å²) >= 11 is 0. The van der Waals surface area contributed by atoms with Crippen LogP contribution >= 0.6 is 0 Å². The molecule has 0 bridgehead atoms. The smallest absolute Gasteiger partial charge is 0.128 e. The number of hydrogen-bond donors (Lipinski definition) is 0. The van der Waals surface area contributed by atoms with Gasteiger partial charge < -0.3 is 4.74 Å². The van der Waals surface area contributed by atoms with E-state index in [-0.39, 0.29) is 11.6 Å². The molecule has 0 spiro atoms. The molecule has 0 fully saturated rings. The van der Waals surface area contributed by atoms with Crippen LogP contribution in [-0.2, 0) is 16.8 Å². The first-order valence-electron chi connectivity index (χ1n) is 6.94. The van der Waals surface area contributed by atoms with Crippen LogP contribution in [0.25, 0.3) is 10.9 Å². The lowest BCUT2D eigenvalue weighted by Crippen LogP contribution is -2.46. The Hall–Kier alpha value is -1.61. The Kier molecular flexibility index (Phi) is 2.06. The van der Waals surface area contributed by atoms with Crippen LogP contribution in [-0.4, -0.2) is 23.1 Å². The fourth-order valence-corrected chi connectivity index (χ4v) is 3.63. The van der Waals surface area contributed by atoms with Gasteiger partial charge in [-0.2, -0.15) is 0 Å². The van der Waals surface area contributed by atoms with Gasteiger partial charge >= 0.3 is 0 Å². The van der Waals surface area contributed by atoms with Gasteiger partial charge in [-0.05, 0) is 38.8 Å². The van der Waals surface area contributed by atoms with Gasteiger partial charge in [-0.1, -0.05) is 18.2 Å². The lowest BCUT2D eigenvalue weighted by atomic mass is 9.86. The van der Waals surface area contributed by atoms with E-state index in [1.54, 1.807) is 0 Å². The molecule has 3 nitrogen and oxygen atoms in total. The molecule has 98 valence electrons. The summed E-state index contributed by atoms with van der Waals surface area (Å²) in [4.78, 5) is 4.80. The molecular formula is C16H18N2O. The third kappa shape index (κ3) is 1.24. The van der Waals surface area contributed by atoms with E-state index >= 15 is 0 Å². The molecule has 0 saturated heterocycles. The van der Waals surface area contributed by atoms with Crippen LogP contribution in [0.3, 0.4) is 0 Å². The summed E-state index contributed by atoms with van der Waals surface area (Å²) in [6.45, 7) is 7.22. The minimum atomic E-state index is -0.286. The fraction of sp³-hybridized carbons (Fsp3) is 0.438. The van der Waals surface area contributed by atoms with Gasteiger partial charge in [-0.25, -0.2) is 0 Å². The van der Waals surface area contributed by atoms with Gasteiger partial charge in [-0.15, -0.1) is 0 Å². The number of rotatable bonds is 0. The van der Waals surface area contributed by atoms with Crippen LogP contribution in [0.15, 0.2) is 29.3 Å². The number of hydrogen-bond acceptors (Lipinski definition) is 2. The zero-order valence-electron chi connectivity index (χ0n) is 11.6. The third-order valence-corrected chi connectivity index (χ3v) is 4.70. The molecule has 1 aromatic heterocycles. The van der Waals surface area contributed by atoms with Crippen molar-refractivity contribution in [2.75, 3.05) is 6.61 Å². The molecule has 0 amide bonds. The molecule has 0 N–H and O–H groups in total. The fourth-order valence-electron chi connectivity index (χ4n) is 3.63. The average molecular weight is 254 g/mol. The lowest BCUT2D eigenvalue weighted by Gasteiger charge is -2.41. The van der Waals surface area contributed by atoms with Crippen LogP contribution < -0.4 is 0 Å². The van der Waals surface area contributed by atoms with Gasteiger partial charge in [0.1, 0.15) is 11.4 Å². The maximum Gasteiger partial charge on any atom is 0.128 e. The first-order valence-corrected chi connectivity index (χ1v) is 6.94. The maximum absolute atomic E-state index is 6.14. The SMILES string of the molecule is CC1=NC(C)C2(C)OCCc3c2n1c1ccccc31. The van der Waals surface area contributed by atoms with Crippen molar-refractivity contribution in [3.63, 3.8) is 0 Å². The summed E-state index contributed by atoms with van der Waals surface area (Å²) in [5, 5.41) is 1.36. The molecular weight excluding hydrogens is 236 g/mol. The molecule has 3 heteroatoms. The van der Waals surface area contributed by atoms with Gasteiger partial charge in [0.05, 0.1) is 23.9 Å². The predicted molar refractivity (Wildman–Crippen MR) is 76.9 cm³/mol. The monoisotopic (exact) mass is 254 g/mol. The minimum absolute atomic E-state index is 0.170. The Morgan fingerprint density at radius 3 is 3.00 bits per heavy atom. The molecule has 3 heterocycles. The van der Waals surface area contributed by atoms with Crippen molar-refractivity contribution >= 4 is 16.7 Å². The second-order valence-electron chi connectivity index (χ2n) is 5.74. The van der Waals surface area contributed by atoms with Crippen molar-refractivity contribution in [1.29, 1.82) is 0 Å². The number of fused-ring (bicyclic) bond motifs is 3. The Labute approximate surface area is 112 Å². The third-order valence-electron chi connectivity index (χ3n) is 4.70. The van der Waals surface area contributed by atoms with E-state index in [1.165, 1.54) is 22.2 Å². The molecule has 0 aliphatic carbocycles. The predicted octanol–water partition coefficient (Wildman–Crippen LogP) is 3.10. The van der Waals surface area contributed by atoms with Crippen LogP contribution in [0.4, 0.5) is 0 Å². The van der Waals surface area contributed by atoms with Crippen molar-refractivity contribution in [1.82, 2.24) is 4.57 Å². The van der Waals surface area contributed by atoms with Crippen LogP contribution in [0.5, 0.6) is 0 Å². The molecule has 2 aromatic rings. The summed E-state index contributed by atoms with van der Waals surface area (Å²) in [6.07, 6.45) is 0.998. The van der Waals surface area contributed by atoms with E-state index < -0.39 is 0 Å². The second-order valence-corrected chi connectivity index (χ2v) is 5.74. The molecule has 2 aliphatic rings. The summed E-state index contributed by atoms with van der Waals surface area (Å²) in [6, 6.07) is 8.79. The lowest BCUT2D eigenvalue weighted by molar-refractivity contribution is -0.0659. The van der Waals surface area contributed by atoms with Crippen LogP contribution in [0.2, 0.25) is 0 Å². The Morgan fingerprint density at radius 2 is 2.16 bits per heavy atom.